The molecule has 1 N–H and O–H groups in total. The van der Waals surface area contributed by atoms with Crippen LogP contribution in [0.5, 0.6) is 0 Å². The van der Waals surface area contributed by atoms with Gasteiger partial charge in [0, 0.05) is 29.8 Å². The molecule has 0 aliphatic carbocycles. The van der Waals surface area contributed by atoms with Crippen LogP contribution in [0.25, 0.3) is 0 Å². The number of nitrogens with zero attached hydrogens (tertiary/aromatic N) is 1. The second-order valence-electron chi connectivity index (χ2n) is 6.28. The first-order valence-electron chi connectivity index (χ1n) is 8.68. The zero-order chi connectivity index (χ0) is 18.5. The summed E-state index contributed by atoms with van der Waals surface area (Å²) in [6, 6.07) is 15.1. The molecule has 1 amide bonds. The number of thiophene rings is 1. The first-order chi connectivity index (χ1) is 12.6. The Morgan fingerprint density at radius 3 is 2.58 bits per heavy atom. The number of hydrogen-bond acceptors (Lipinski definition) is 3. The number of carbonyl (C=O) groups excluding carboxylic acids is 1. The SMILES string of the molecule is CCCc1ccc(C(NC(=O)c2ccn(C)c(=O)c2)c2cccs2)cc1. The summed E-state index contributed by atoms with van der Waals surface area (Å²) in [6.07, 6.45) is 3.76. The van der Waals surface area contributed by atoms with Crippen LogP contribution in [-0.2, 0) is 13.5 Å². The predicted molar refractivity (Wildman–Crippen MR) is 106 cm³/mol. The fraction of sp³-hybridized carbons (Fsp3) is 0.238. The van der Waals surface area contributed by atoms with Gasteiger partial charge in [0.05, 0.1) is 6.04 Å². The van der Waals surface area contributed by atoms with E-state index in [9.17, 15) is 9.59 Å². The van der Waals surface area contributed by atoms with Gasteiger partial charge < -0.3 is 9.88 Å². The molecule has 4 nitrogen and oxygen atoms in total. The minimum Gasteiger partial charge on any atom is -0.340 e. The van der Waals surface area contributed by atoms with Crippen LogP contribution < -0.4 is 10.9 Å². The molecule has 134 valence electrons. The third-order valence-corrected chi connectivity index (χ3v) is 5.26. The summed E-state index contributed by atoms with van der Waals surface area (Å²) in [6.45, 7) is 2.16. The van der Waals surface area contributed by atoms with E-state index in [2.05, 4.69) is 36.5 Å². The van der Waals surface area contributed by atoms with E-state index in [1.807, 2.05) is 17.5 Å². The maximum absolute atomic E-state index is 12.7. The highest BCUT2D eigenvalue weighted by atomic mass is 32.1. The molecule has 2 heterocycles. The lowest BCUT2D eigenvalue weighted by atomic mass is 10.0. The topological polar surface area (TPSA) is 51.1 Å². The Morgan fingerprint density at radius 1 is 1.19 bits per heavy atom. The van der Waals surface area contributed by atoms with E-state index in [0.717, 1.165) is 23.3 Å². The highest BCUT2D eigenvalue weighted by Crippen LogP contribution is 2.27. The van der Waals surface area contributed by atoms with Gasteiger partial charge in [0.25, 0.3) is 11.5 Å². The van der Waals surface area contributed by atoms with E-state index in [-0.39, 0.29) is 17.5 Å². The number of hydrogen-bond donors (Lipinski definition) is 1. The summed E-state index contributed by atoms with van der Waals surface area (Å²) >= 11 is 1.60. The first-order valence-corrected chi connectivity index (χ1v) is 9.56. The maximum atomic E-state index is 12.7. The maximum Gasteiger partial charge on any atom is 0.252 e. The van der Waals surface area contributed by atoms with Crippen molar-refractivity contribution in [1.29, 1.82) is 0 Å². The Morgan fingerprint density at radius 2 is 1.96 bits per heavy atom. The highest BCUT2D eigenvalue weighted by Gasteiger charge is 2.19. The lowest BCUT2D eigenvalue weighted by Crippen LogP contribution is -2.30. The van der Waals surface area contributed by atoms with Gasteiger partial charge in [-0.25, -0.2) is 0 Å². The Labute approximate surface area is 157 Å². The molecule has 0 fully saturated rings. The number of aryl methyl sites for hydroxylation is 2. The summed E-state index contributed by atoms with van der Waals surface area (Å²) in [4.78, 5) is 25.6. The van der Waals surface area contributed by atoms with Crippen LogP contribution in [-0.4, -0.2) is 10.5 Å². The smallest absolute Gasteiger partial charge is 0.252 e. The van der Waals surface area contributed by atoms with Gasteiger partial charge in [0.1, 0.15) is 0 Å². The molecule has 1 unspecified atom stereocenters. The molecule has 0 saturated heterocycles. The number of rotatable bonds is 6. The van der Waals surface area contributed by atoms with Gasteiger partial charge in [-0.3, -0.25) is 9.59 Å². The Balaban J connectivity index is 1.88. The van der Waals surface area contributed by atoms with Crippen molar-refractivity contribution in [3.63, 3.8) is 0 Å². The molecule has 3 aromatic rings. The van der Waals surface area contributed by atoms with E-state index in [1.54, 1.807) is 30.6 Å². The quantitative estimate of drug-likeness (QED) is 0.719. The lowest BCUT2D eigenvalue weighted by Gasteiger charge is -2.19. The number of pyridine rings is 1. The van der Waals surface area contributed by atoms with Crippen LogP contribution in [0.2, 0.25) is 0 Å². The van der Waals surface area contributed by atoms with Crippen LogP contribution in [0.3, 0.4) is 0 Å². The monoisotopic (exact) mass is 366 g/mol. The fourth-order valence-corrected chi connectivity index (χ4v) is 3.65. The van der Waals surface area contributed by atoms with Gasteiger partial charge in [0.2, 0.25) is 0 Å². The van der Waals surface area contributed by atoms with Gasteiger partial charge in [-0.05, 0) is 35.1 Å². The van der Waals surface area contributed by atoms with E-state index in [1.165, 1.54) is 16.2 Å². The molecule has 26 heavy (non-hydrogen) atoms. The highest BCUT2D eigenvalue weighted by molar-refractivity contribution is 7.10. The Bertz CT molecular complexity index is 927. The van der Waals surface area contributed by atoms with Crippen LogP contribution in [0, 0.1) is 0 Å². The summed E-state index contributed by atoms with van der Waals surface area (Å²) in [7, 11) is 1.66. The third-order valence-electron chi connectivity index (χ3n) is 4.32. The number of aromatic nitrogens is 1. The summed E-state index contributed by atoms with van der Waals surface area (Å²) in [5, 5.41) is 5.07. The van der Waals surface area contributed by atoms with E-state index in [4.69, 9.17) is 0 Å². The lowest BCUT2D eigenvalue weighted by molar-refractivity contribution is 0.0943. The summed E-state index contributed by atoms with van der Waals surface area (Å²) < 4.78 is 1.44. The molecule has 0 aliphatic heterocycles. The molecule has 1 atom stereocenters. The second-order valence-corrected chi connectivity index (χ2v) is 7.26. The normalized spacial score (nSPS) is 11.9. The van der Waals surface area contributed by atoms with Gasteiger partial charge in [-0.1, -0.05) is 43.7 Å². The van der Waals surface area contributed by atoms with Crippen molar-refractivity contribution in [1.82, 2.24) is 9.88 Å². The molecular formula is C21H22N2O2S. The van der Waals surface area contributed by atoms with Crippen molar-refractivity contribution in [2.75, 3.05) is 0 Å². The van der Waals surface area contributed by atoms with E-state index in [0.29, 0.717) is 5.56 Å². The van der Waals surface area contributed by atoms with Crippen LogP contribution in [0.15, 0.2) is 64.9 Å². The molecule has 0 aliphatic rings. The van der Waals surface area contributed by atoms with Crippen LogP contribution in [0.1, 0.15) is 45.7 Å². The van der Waals surface area contributed by atoms with Crippen molar-refractivity contribution in [3.8, 4) is 0 Å². The van der Waals surface area contributed by atoms with Crippen molar-refractivity contribution < 1.29 is 4.79 Å². The van der Waals surface area contributed by atoms with Crippen molar-refractivity contribution in [2.45, 2.75) is 25.8 Å². The third kappa shape index (κ3) is 4.11. The number of benzene rings is 1. The van der Waals surface area contributed by atoms with Gasteiger partial charge in [-0.2, -0.15) is 0 Å². The van der Waals surface area contributed by atoms with Crippen LogP contribution >= 0.6 is 11.3 Å². The minimum absolute atomic E-state index is 0.200. The summed E-state index contributed by atoms with van der Waals surface area (Å²) in [5.41, 5.74) is 2.50. The average molecular weight is 366 g/mol. The minimum atomic E-state index is -0.251. The molecule has 0 spiro atoms. The largest absolute Gasteiger partial charge is 0.340 e. The average Bonchev–Trinajstić information content (AvgIpc) is 3.17. The molecule has 0 bridgehead atoms. The van der Waals surface area contributed by atoms with E-state index < -0.39 is 0 Å². The van der Waals surface area contributed by atoms with Gasteiger partial charge in [-0.15, -0.1) is 11.3 Å². The summed E-state index contributed by atoms with van der Waals surface area (Å²) in [5.74, 6) is -0.251. The second kappa shape index (κ2) is 8.15. The zero-order valence-corrected chi connectivity index (χ0v) is 15.8. The van der Waals surface area contributed by atoms with Gasteiger partial charge >= 0.3 is 0 Å². The van der Waals surface area contributed by atoms with Crippen molar-refractivity contribution >= 4 is 17.2 Å². The molecular weight excluding hydrogens is 344 g/mol. The van der Waals surface area contributed by atoms with E-state index >= 15 is 0 Å². The number of nitrogens with one attached hydrogen (secondary N) is 1. The van der Waals surface area contributed by atoms with Gasteiger partial charge in [0.15, 0.2) is 0 Å². The molecule has 5 heteroatoms. The molecule has 0 radical (unpaired) electrons. The van der Waals surface area contributed by atoms with Crippen molar-refractivity contribution in [2.24, 2.45) is 7.05 Å². The zero-order valence-electron chi connectivity index (χ0n) is 14.9. The molecule has 0 saturated carbocycles. The number of amides is 1. The Hall–Kier alpha value is -2.66. The molecule has 2 aromatic heterocycles. The Kier molecular flexibility index (Phi) is 5.68. The van der Waals surface area contributed by atoms with Crippen molar-refractivity contribution in [3.05, 3.63) is 92.0 Å². The molecule has 1 aromatic carbocycles. The standard InChI is InChI=1S/C21H22N2O2S/c1-3-5-15-7-9-16(10-8-15)20(18-6-4-13-26-18)22-21(25)17-11-12-23(2)19(24)14-17/h4,6-14,20H,3,5H2,1-2H3,(H,22,25). The fourth-order valence-electron chi connectivity index (χ4n) is 2.84. The first kappa shape index (κ1) is 18.1. The van der Waals surface area contributed by atoms with Crippen LogP contribution in [0.4, 0.5) is 0 Å². The number of carbonyl (C=O) groups is 1. The predicted octanol–water partition coefficient (Wildman–Crippen LogP) is 3.92. The molecule has 3 rings (SSSR count).